The molecule has 0 radical (unpaired) electrons. The number of rotatable bonds is 2. The van der Waals surface area contributed by atoms with Crippen LogP contribution in [-0.4, -0.2) is 10.1 Å². The normalized spacial score (nSPS) is 6.44. The van der Waals surface area contributed by atoms with Crippen molar-refractivity contribution in [3.8, 4) is 0 Å². The van der Waals surface area contributed by atoms with Gasteiger partial charge in [-0.15, -0.1) is 0 Å². The molecule has 0 saturated carbocycles. The van der Waals surface area contributed by atoms with Crippen molar-refractivity contribution in [1.82, 2.24) is 0 Å². The van der Waals surface area contributed by atoms with Gasteiger partial charge < -0.3 is 0 Å². The number of hydrogen-bond donors (Lipinski definition) is 2. The molecule has 0 aromatic carbocycles. The van der Waals surface area contributed by atoms with Gasteiger partial charge in [0.25, 0.3) is 0 Å². The fourth-order valence-electron chi connectivity index (χ4n) is 0.0596. The molecule has 0 spiro atoms. The van der Waals surface area contributed by atoms with Gasteiger partial charge in [0.05, 0.1) is 0 Å². The Bertz CT molecular complexity index is 85.1. The highest BCUT2D eigenvalue weighted by atomic mass is 16.8. The van der Waals surface area contributed by atoms with Crippen LogP contribution in [0.15, 0.2) is 0 Å². The van der Waals surface area contributed by atoms with Gasteiger partial charge in [0.2, 0.25) is 0 Å². The summed E-state index contributed by atoms with van der Waals surface area (Å²) in [4.78, 5) is 18.0. The molecule has 0 aliphatic heterocycles. The third-order valence-electron chi connectivity index (χ3n) is 0.146. The zero-order valence-corrected chi connectivity index (χ0v) is 4.26. The van der Waals surface area contributed by atoms with Crippen molar-refractivity contribution in [3.05, 3.63) is 25.8 Å². The standard InChI is InChI=1S/N3O4.H4N2/c4-2(5)1-3(6)7;1-2/h;1-2H2/q-1;/p+1. The van der Waals surface area contributed by atoms with Crippen molar-refractivity contribution in [2.24, 2.45) is 5.84 Å². The number of nitrogens with zero attached hydrogens (tertiary/aromatic N) is 3. The Labute approximate surface area is 48.8 Å². The molecule has 0 aliphatic rings. The molecule has 0 aromatic heterocycles. The van der Waals surface area contributed by atoms with Crippen LogP contribution in [-0.2, 0) is 0 Å². The third-order valence-corrected chi connectivity index (χ3v) is 0.146. The Morgan fingerprint density at radius 2 is 1.44 bits per heavy atom. The van der Waals surface area contributed by atoms with Crippen LogP contribution in [0.1, 0.15) is 0 Å². The number of hydrogen-bond acceptors (Lipinski definition) is 5. The van der Waals surface area contributed by atoms with Gasteiger partial charge in [-0.05, 0) is 5.53 Å². The number of quaternary nitrogens is 1. The average molecular weight is 139 g/mol. The minimum absolute atomic E-state index is 1.38. The highest BCUT2D eigenvalue weighted by Gasteiger charge is 1.83. The fourth-order valence-corrected chi connectivity index (χ4v) is 0.0596. The summed E-state index contributed by atoms with van der Waals surface area (Å²) in [6.45, 7) is 0. The van der Waals surface area contributed by atoms with E-state index in [1.165, 1.54) is 0 Å². The molecule has 0 atom stereocenters. The lowest BCUT2D eigenvalue weighted by Crippen LogP contribution is -2.59. The second-order valence-corrected chi connectivity index (χ2v) is 0.565. The van der Waals surface area contributed by atoms with Gasteiger partial charge in [0.15, 0.2) is 0 Å². The second-order valence-electron chi connectivity index (χ2n) is 0.565. The second kappa shape index (κ2) is 6.52. The van der Waals surface area contributed by atoms with E-state index in [1.54, 1.807) is 5.53 Å². The lowest BCUT2D eigenvalue weighted by atomic mass is 12.4. The first-order valence-corrected chi connectivity index (χ1v) is 1.54. The summed E-state index contributed by atoms with van der Waals surface area (Å²) in [5.74, 6) is 7.00. The van der Waals surface area contributed by atoms with E-state index >= 15 is 0 Å². The quantitative estimate of drug-likeness (QED) is 0.253. The molecule has 0 aromatic rings. The Morgan fingerprint density at radius 3 is 1.44 bits per heavy atom. The SMILES string of the molecule is N[NH3+].O=[N+]([O-])[N-][N+](=O)[O-]. The van der Waals surface area contributed by atoms with Crippen LogP contribution in [0, 0.1) is 20.2 Å². The van der Waals surface area contributed by atoms with Crippen LogP contribution in [0.4, 0.5) is 0 Å². The van der Waals surface area contributed by atoms with Crippen molar-refractivity contribution in [1.29, 1.82) is 0 Å². The summed E-state index contributed by atoms with van der Waals surface area (Å²) in [5, 5.41) is 15.3. The molecule has 9 heavy (non-hydrogen) atoms. The highest BCUT2D eigenvalue weighted by molar-refractivity contribution is 4.25. The maximum atomic E-state index is 9.01. The molecule has 54 valence electrons. The molecule has 0 fully saturated rings. The average Bonchev–Trinajstić information content (AvgIpc) is 1.68. The van der Waals surface area contributed by atoms with Gasteiger partial charge in [-0.2, -0.15) is 5.84 Å². The Kier molecular flexibility index (Phi) is 7.60. The van der Waals surface area contributed by atoms with Crippen LogP contribution in [0.2, 0.25) is 0 Å². The number of nitrogens with two attached hydrogens (primary N) is 1. The van der Waals surface area contributed by atoms with E-state index in [0.717, 1.165) is 0 Å². The van der Waals surface area contributed by atoms with Gasteiger partial charge in [0.1, 0.15) is 0 Å². The molecule has 5 N–H and O–H groups in total. The first-order chi connectivity index (χ1) is 4.13. The summed E-state index contributed by atoms with van der Waals surface area (Å²) in [7, 11) is 0. The molecule has 0 bridgehead atoms. The first-order valence-electron chi connectivity index (χ1n) is 1.54. The summed E-state index contributed by atoms with van der Waals surface area (Å²) in [6, 6.07) is 0. The Balaban J connectivity index is 0. The van der Waals surface area contributed by atoms with Crippen molar-refractivity contribution >= 4 is 0 Å². The van der Waals surface area contributed by atoms with E-state index in [1.807, 2.05) is 0 Å². The summed E-state index contributed by atoms with van der Waals surface area (Å²) >= 11 is 0. The molecule has 0 aliphatic carbocycles. The van der Waals surface area contributed by atoms with Crippen LogP contribution in [0.3, 0.4) is 0 Å². The van der Waals surface area contributed by atoms with Crippen molar-refractivity contribution in [2.75, 3.05) is 0 Å². The van der Waals surface area contributed by atoms with E-state index in [2.05, 4.69) is 11.7 Å². The zero-order valence-electron chi connectivity index (χ0n) is 4.26. The van der Waals surface area contributed by atoms with Gasteiger partial charge in [0, 0.05) is 10.1 Å². The Hall–Kier alpha value is -1.48. The first kappa shape index (κ1) is 10.5. The lowest BCUT2D eigenvalue weighted by molar-refractivity contribution is -0.618. The van der Waals surface area contributed by atoms with E-state index in [4.69, 9.17) is 20.2 Å². The molecule has 9 heteroatoms. The van der Waals surface area contributed by atoms with Gasteiger partial charge >= 0.3 is 0 Å². The minimum Gasteiger partial charge on any atom is -0.283 e. The predicted octanol–water partition coefficient (Wildman–Crippen LogP) is -2.15. The van der Waals surface area contributed by atoms with Gasteiger partial charge in [-0.1, -0.05) is 0 Å². The molecule has 9 nitrogen and oxygen atoms in total. The monoisotopic (exact) mass is 139 g/mol. The third kappa shape index (κ3) is 21.0. The summed E-state index contributed by atoms with van der Waals surface area (Å²) < 4.78 is 0. The van der Waals surface area contributed by atoms with Crippen molar-refractivity contribution < 1.29 is 15.9 Å². The molecule has 0 saturated heterocycles. The maximum absolute atomic E-state index is 9.01. The van der Waals surface area contributed by atoms with Crippen LogP contribution in [0.25, 0.3) is 5.53 Å². The predicted molar refractivity (Wildman–Crippen MR) is 24.4 cm³/mol. The van der Waals surface area contributed by atoms with Gasteiger partial charge in [-0.3, -0.25) is 26.1 Å². The van der Waals surface area contributed by atoms with E-state index in [-0.39, 0.29) is 0 Å². The minimum atomic E-state index is -1.38. The van der Waals surface area contributed by atoms with E-state index < -0.39 is 10.1 Å². The molecule has 0 amide bonds. The summed E-state index contributed by atoms with van der Waals surface area (Å²) in [6.07, 6.45) is 0. The largest absolute Gasteiger partial charge is 0.283 e. The zero-order chi connectivity index (χ0) is 7.86. The lowest BCUT2D eigenvalue weighted by Gasteiger charge is -1.92. The summed E-state index contributed by atoms with van der Waals surface area (Å²) in [5.41, 5.74) is 1.72. The van der Waals surface area contributed by atoms with E-state index in [9.17, 15) is 0 Å². The maximum Gasteiger partial charge on any atom is 0.0464 e. The Morgan fingerprint density at radius 1 is 1.22 bits per heavy atom. The topological polar surface area (TPSA) is 154 Å². The smallest absolute Gasteiger partial charge is 0.0464 e. The molecule has 0 unspecified atom stereocenters. The highest BCUT2D eigenvalue weighted by Crippen LogP contribution is 1.82. The van der Waals surface area contributed by atoms with Crippen LogP contribution >= 0.6 is 0 Å². The molecule has 0 heterocycles. The molecular formula is H5N5O4. The molecule has 0 rings (SSSR count). The van der Waals surface area contributed by atoms with Crippen molar-refractivity contribution in [3.63, 3.8) is 0 Å². The van der Waals surface area contributed by atoms with E-state index in [0.29, 0.717) is 0 Å². The van der Waals surface area contributed by atoms with Gasteiger partial charge in [-0.25, -0.2) is 0 Å². The van der Waals surface area contributed by atoms with Crippen LogP contribution < -0.4 is 11.7 Å². The van der Waals surface area contributed by atoms with Crippen molar-refractivity contribution in [2.45, 2.75) is 0 Å². The van der Waals surface area contributed by atoms with Crippen LogP contribution in [0.5, 0.6) is 0 Å². The number of nitro groups is 2. The fraction of sp³-hybridized carbons (Fsp3) is 0. The molecular weight excluding hydrogens is 134 g/mol.